The maximum absolute atomic E-state index is 11.9. The summed E-state index contributed by atoms with van der Waals surface area (Å²) >= 11 is 0. The van der Waals surface area contributed by atoms with Gasteiger partial charge in [0.2, 0.25) is 12.3 Å². The monoisotopic (exact) mass is 291 g/mol. The lowest BCUT2D eigenvalue weighted by atomic mass is 10.1. The van der Waals surface area contributed by atoms with Crippen LogP contribution in [0.15, 0.2) is 35.1 Å². The maximum atomic E-state index is 11.9. The van der Waals surface area contributed by atoms with Gasteiger partial charge < -0.3 is 19.6 Å². The van der Waals surface area contributed by atoms with Gasteiger partial charge in [-0.15, -0.1) is 10.2 Å². The fraction of sp³-hybridized carbons (Fsp3) is 0.231. The van der Waals surface area contributed by atoms with Crippen LogP contribution in [-0.2, 0) is 9.53 Å². The molecule has 8 heteroatoms. The molecule has 2 aromatic rings. The van der Waals surface area contributed by atoms with Crippen molar-refractivity contribution in [3.05, 3.63) is 36.2 Å². The lowest BCUT2D eigenvalue weighted by Crippen LogP contribution is -2.37. The average Bonchev–Trinajstić information content (AvgIpc) is 3.01. The van der Waals surface area contributed by atoms with E-state index >= 15 is 0 Å². The van der Waals surface area contributed by atoms with Crippen molar-refractivity contribution in [1.82, 2.24) is 15.5 Å². The van der Waals surface area contributed by atoms with Crippen LogP contribution in [0.25, 0.3) is 11.5 Å². The van der Waals surface area contributed by atoms with Gasteiger partial charge in [0, 0.05) is 18.2 Å². The molecule has 8 nitrogen and oxygen atoms in total. The number of carbonyl (C=O) groups excluding carboxylic acids is 1. The predicted molar refractivity (Wildman–Crippen MR) is 70.5 cm³/mol. The zero-order valence-corrected chi connectivity index (χ0v) is 11.1. The quantitative estimate of drug-likeness (QED) is 0.799. The van der Waals surface area contributed by atoms with E-state index in [0.29, 0.717) is 17.0 Å². The molecule has 1 aromatic heterocycles. The molecule has 0 saturated heterocycles. The van der Waals surface area contributed by atoms with E-state index in [4.69, 9.17) is 14.3 Å². The first-order valence-corrected chi connectivity index (χ1v) is 6.02. The van der Waals surface area contributed by atoms with Crippen LogP contribution in [0.5, 0.6) is 0 Å². The molecule has 0 fully saturated rings. The Hall–Kier alpha value is -2.74. The summed E-state index contributed by atoms with van der Waals surface area (Å²) < 4.78 is 9.76. The Kier molecular flexibility index (Phi) is 4.62. The number of nitrogens with one attached hydrogen (secondary N) is 1. The first-order valence-electron chi connectivity index (χ1n) is 6.02. The van der Waals surface area contributed by atoms with E-state index in [0.717, 1.165) is 0 Å². The highest BCUT2D eigenvalue weighted by Gasteiger charge is 2.17. The molecule has 21 heavy (non-hydrogen) atoms. The number of hydrogen-bond donors (Lipinski definition) is 2. The second kappa shape index (κ2) is 6.62. The molecule has 0 bridgehead atoms. The number of carboxylic acids is 1. The largest absolute Gasteiger partial charge is 0.479 e. The normalized spacial score (nSPS) is 11.9. The third-order valence-electron chi connectivity index (χ3n) is 2.76. The number of rotatable bonds is 6. The van der Waals surface area contributed by atoms with Crippen LogP contribution < -0.4 is 5.32 Å². The third kappa shape index (κ3) is 3.63. The van der Waals surface area contributed by atoms with Crippen LogP contribution in [0.3, 0.4) is 0 Å². The number of nitrogens with zero attached hydrogens (tertiary/aromatic N) is 2. The van der Waals surface area contributed by atoms with E-state index in [9.17, 15) is 9.59 Å². The van der Waals surface area contributed by atoms with Gasteiger partial charge in [0.25, 0.3) is 5.91 Å². The molecule has 0 aliphatic heterocycles. The van der Waals surface area contributed by atoms with E-state index < -0.39 is 18.0 Å². The number of amides is 1. The van der Waals surface area contributed by atoms with Gasteiger partial charge in [-0.3, -0.25) is 4.79 Å². The SMILES string of the molecule is COC(CNC(=O)c1ccc(-c2nnco2)cc1)C(=O)O. The van der Waals surface area contributed by atoms with Crippen LogP contribution >= 0.6 is 0 Å². The van der Waals surface area contributed by atoms with E-state index in [1.54, 1.807) is 24.3 Å². The molecule has 1 heterocycles. The molecule has 1 amide bonds. The van der Waals surface area contributed by atoms with E-state index in [2.05, 4.69) is 15.5 Å². The van der Waals surface area contributed by atoms with Crippen molar-refractivity contribution >= 4 is 11.9 Å². The summed E-state index contributed by atoms with van der Waals surface area (Å²) in [6.07, 6.45) is 0.138. The van der Waals surface area contributed by atoms with Gasteiger partial charge in [0.05, 0.1) is 6.54 Å². The highest BCUT2D eigenvalue weighted by Crippen LogP contribution is 2.16. The Morgan fingerprint density at radius 1 is 1.38 bits per heavy atom. The molecule has 0 radical (unpaired) electrons. The minimum atomic E-state index is -1.13. The minimum absolute atomic E-state index is 0.115. The summed E-state index contributed by atoms with van der Waals surface area (Å²) in [5, 5.41) is 18.6. The molecule has 1 atom stereocenters. The van der Waals surface area contributed by atoms with E-state index in [-0.39, 0.29) is 6.54 Å². The number of benzene rings is 1. The predicted octanol–water partition coefficient (Wildman–Crippen LogP) is 0.566. The highest BCUT2D eigenvalue weighted by atomic mass is 16.5. The lowest BCUT2D eigenvalue weighted by molar-refractivity contribution is -0.148. The van der Waals surface area contributed by atoms with Crippen LogP contribution in [0.1, 0.15) is 10.4 Å². The Bertz CT molecular complexity index is 609. The fourth-order valence-corrected chi connectivity index (χ4v) is 1.62. The van der Waals surface area contributed by atoms with E-state index in [1.165, 1.54) is 13.5 Å². The molecule has 0 saturated carbocycles. The van der Waals surface area contributed by atoms with Gasteiger partial charge in [-0.05, 0) is 24.3 Å². The summed E-state index contributed by atoms with van der Waals surface area (Å²) in [6.45, 7) is -0.115. The Balaban J connectivity index is 1.98. The lowest BCUT2D eigenvalue weighted by Gasteiger charge is -2.11. The zero-order valence-electron chi connectivity index (χ0n) is 11.1. The number of ether oxygens (including phenoxy) is 1. The molecular weight excluding hydrogens is 278 g/mol. The number of hydrogen-bond acceptors (Lipinski definition) is 6. The number of aromatic nitrogens is 2. The number of methoxy groups -OCH3 is 1. The Morgan fingerprint density at radius 3 is 2.62 bits per heavy atom. The summed E-state index contributed by atoms with van der Waals surface area (Å²) in [6, 6.07) is 6.48. The van der Waals surface area contributed by atoms with Crippen molar-refractivity contribution in [2.45, 2.75) is 6.10 Å². The highest BCUT2D eigenvalue weighted by molar-refractivity contribution is 5.94. The van der Waals surface area contributed by atoms with Gasteiger partial charge in [0.1, 0.15) is 0 Å². The van der Waals surface area contributed by atoms with Crippen molar-refractivity contribution in [3.8, 4) is 11.5 Å². The van der Waals surface area contributed by atoms with Gasteiger partial charge in [-0.25, -0.2) is 4.79 Å². The first kappa shape index (κ1) is 14.7. The summed E-state index contributed by atoms with van der Waals surface area (Å²) in [7, 11) is 1.27. The first-order chi connectivity index (χ1) is 10.1. The van der Waals surface area contributed by atoms with Crippen molar-refractivity contribution in [2.24, 2.45) is 0 Å². The second-order valence-electron chi connectivity index (χ2n) is 4.09. The summed E-state index contributed by atoms with van der Waals surface area (Å²) in [4.78, 5) is 22.6. The van der Waals surface area contributed by atoms with Crippen molar-refractivity contribution < 1.29 is 23.8 Å². The van der Waals surface area contributed by atoms with Crippen molar-refractivity contribution in [3.63, 3.8) is 0 Å². The van der Waals surface area contributed by atoms with Crippen molar-refractivity contribution in [1.29, 1.82) is 0 Å². The van der Waals surface area contributed by atoms with E-state index in [1.807, 2.05) is 0 Å². The molecule has 2 N–H and O–H groups in total. The molecule has 0 aliphatic rings. The fourth-order valence-electron chi connectivity index (χ4n) is 1.62. The topological polar surface area (TPSA) is 115 Å². The Morgan fingerprint density at radius 2 is 2.10 bits per heavy atom. The average molecular weight is 291 g/mol. The van der Waals surface area contributed by atoms with Crippen molar-refractivity contribution in [2.75, 3.05) is 13.7 Å². The molecule has 2 rings (SSSR count). The second-order valence-corrected chi connectivity index (χ2v) is 4.09. The van der Waals surface area contributed by atoms with Gasteiger partial charge in [0.15, 0.2) is 6.10 Å². The molecule has 0 spiro atoms. The zero-order chi connectivity index (χ0) is 15.2. The minimum Gasteiger partial charge on any atom is -0.479 e. The summed E-state index contributed by atoms with van der Waals surface area (Å²) in [5.74, 6) is -1.17. The van der Waals surface area contributed by atoms with Crippen LogP contribution in [0.4, 0.5) is 0 Å². The number of carboxylic acid groups (broad SMARTS) is 1. The van der Waals surface area contributed by atoms with Gasteiger partial charge >= 0.3 is 5.97 Å². The molecule has 1 unspecified atom stereocenters. The van der Waals surface area contributed by atoms with Gasteiger partial charge in [-0.1, -0.05) is 0 Å². The third-order valence-corrected chi connectivity index (χ3v) is 2.76. The van der Waals surface area contributed by atoms with Crippen LogP contribution in [-0.4, -0.2) is 46.9 Å². The molecule has 110 valence electrons. The summed E-state index contributed by atoms with van der Waals surface area (Å²) in [5.41, 5.74) is 1.07. The molecular formula is C13H13N3O5. The number of aliphatic carboxylic acids is 1. The van der Waals surface area contributed by atoms with Gasteiger partial charge in [-0.2, -0.15) is 0 Å². The van der Waals surface area contributed by atoms with Crippen LogP contribution in [0, 0.1) is 0 Å². The molecule has 0 aliphatic carbocycles. The molecule has 1 aromatic carbocycles. The van der Waals surface area contributed by atoms with Crippen LogP contribution in [0.2, 0.25) is 0 Å². The standard InChI is InChI=1S/C13H13N3O5/c1-20-10(13(18)19)6-14-11(17)8-2-4-9(5-3-8)12-16-15-7-21-12/h2-5,7,10H,6H2,1H3,(H,14,17)(H,18,19). The maximum Gasteiger partial charge on any atom is 0.334 e. The smallest absolute Gasteiger partial charge is 0.334 e. The number of carbonyl (C=O) groups is 2. The Labute approximate surface area is 119 Å².